The topological polar surface area (TPSA) is 29.5 Å². The quantitative estimate of drug-likeness (QED) is 0.664. The van der Waals surface area contributed by atoms with Gasteiger partial charge in [0.1, 0.15) is 11.4 Å². The Hall–Kier alpha value is -0.800. The van der Waals surface area contributed by atoms with Crippen LogP contribution in [-0.4, -0.2) is 17.5 Å². The Morgan fingerprint density at radius 3 is 2.38 bits per heavy atom. The van der Waals surface area contributed by atoms with Crippen molar-refractivity contribution in [1.82, 2.24) is 0 Å². The third-order valence-corrected chi connectivity index (χ3v) is 3.37. The van der Waals surface area contributed by atoms with E-state index in [9.17, 15) is 5.11 Å². The lowest BCUT2D eigenvalue weighted by Crippen LogP contribution is -2.27. The Balaban J connectivity index is 2.98. The van der Waals surface area contributed by atoms with Gasteiger partial charge < -0.3 is 9.84 Å². The van der Waals surface area contributed by atoms with Gasteiger partial charge in [-0.2, -0.15) is 0 Å². The van der Waals surface area contributed by atoms with E-state index in [2.05, 4.69) is 22.5 Å². The van der Waals surface area contributed by atoms with Crippen molar-refractivity contribution in [3.63, 3.8) is 0 Å². The second-order valence-corrected chi connectivity index (χ2v) is 4.59. The molecule has 0 aromatic heterocycles. The molecular weight excluding hydrogens is 268 g/mol. The largest absolute Gasteiger partial charge is 0.497 e. The van der Waals surface area contributed by atoms with Crippen LogP contribution in [0.15, 0.2) is 36.4 Å². The summed E-state index contributed by atoms with van der Waals surface area (Å²) in [6, 6.07) is 7.45. The number of aliphatic hydroxyl groups is 1. The Morgan fingerprint density at radius 2 is 2.00 bits per heavy atom. The molecule has 0 bridgehead atoms. The average Bonchev–Trinajstić information content (AvgIpc) is 2.28. The number of methoxy groups -OCH3 is 1. The molecule has 1 aromatic carbocycles. The molecule has 88 valence electrons. The highest BCUT2D eigenvalue weighted by Gasteiger charge is 2.27. The summed E-state index contributed by atoms with van der Waals surface area (Å²) >= 11 is 3.35. The molecule has 1 N–H and O–H groups in total. The highest BCUT2D eigenvalue weighted by Crippen LogP contribution is 2.31. The van der Waals surface area contributed by atoms with E-state index in [0.29, 0.717) is 11.8 Å². The van der Waals surface area contributed by atoms with Gasteiger partial charge in [0, 0.05) is 11.8 Å². The molecule has 0 spiro atoms. The first-order chi connectivity index (χ1) is 7.51. The molecule has 1 unspecified atom stereocenters. The summed E-state index contributed by atoms with van der Waals surface area (Å²) in [4.78, 5) is 0. The molecule has 0 aliphatic carbocycles. The number of benzene rings is 1. The van der Waals surface area contributed by atoms with Crippen LogP contribution in [-0.2, 0) is 5.60 Å². The third kappa shape index (κ3) is 3.09. The Bertz CT molecular complexity index is 359. The molecule has 1 rings (SSSR count). The van der Waals surface area contributed by atoms with Gasteiger partial charge in [0.05, 0.1) is 7.11 Å². The maximum atomic E-state index is 10.5. The van der Waals surface area contributed by atoms with Gasteiger partial charge in [-0.05, 0) is 24.6 Å². The summed E-state index contributed by atoms with van der Waals surface area (Å²) in [5.74, 6) is 0.788. The van der Waals surface area contributed by atoms with Crippen LogP contribution in [0.5, 0.6) is 5.75 Å². The Labute approximate surface area is 105 Å². The first kappa shape index (κ1) is 13.3. The third-order valence-electron chi connectivity index (χ3n) is 2.44. The van der Waals surface area contributed by atoms with Gasteiger partial charge >= 0.3 is 0 Å². The van der Waals surface area contributed by atoms with Crippen molar-refractivity contribution in [2.45, 2.75) is 18.9 Å². The van der Waals surface area contributed by atoms with Crippen molar-refractivity contribution < 1.29 is 9.84 Å². The number of alkyl halides is 1. The van der Waals surface area contributed by atoms with E-state index in [4.69, 9.17) is 4.74 Å². The molecule has 1 aromatic rings. The van der Waals surface area contributed by atoms with Crippen LogP contribution in [0.3, 0.4) is 0 Å². The van der Waals surface area contributed by atoms with Gasteiger partial charge in [-0.3, -0.25) is 0 Å². The number of ether oxygens (including phenoxy) is 1. The number of halogens is 1. The zero-order chi connectivity index (χ0) is 12.2. The van der Waals surface area contributed by atoms with Gasteiger partial charge in [-0.15, -0.1) is 6.58 Å². The summed E-state index contributed by atoms with van der Waals surface area (Å²) < 4.78 is 5.09. The second kappa shape index (κ2) is 5.51. The predicted molar refractivity (Wildman–Crippen MR) is 70.1 cm³/mol. The van der Waals surface area contributed by atoms with Gasteiger partial charge in [0.25, 0.3) is 0 Å². The molecule has 0 saturated carbocycles. The van der Waals surface area contributed by atoms with Crippen LogP contribution in [0.4, 0.5) is 0 Å². The first-order valence-electron chi connectivity index (χ1n) is 5.09. The molecule has 0 heterocycles. The molecule has 2 nitrogen and oxygen atoms in total. The van der Waals surface area contributed by atoms with Gasteiger partial charge in [0.15, 0.2) is 0 Å². The van der Waals surface area contributed by atoms with Crippen molar-refractivity contribution in [2.75, 3.05) is 12.4 Å². The normalized spacial score (nSPS) is 14.2. The fourth-order valence-corrected chi connectivity index (χ4v) is 2.15. The van der Waals surface area contributed by atoms with E-state index >= 15 is 0 Å². The molecule has 0 saturated heterocycles. The van der Waals surface area contributed by atoms with Gasteiger partial charge in [-0.1, -0.05) is 33.6 Å². The lowest BCUT2D eigenvalue weighted by Gasteiger charge is -2.26. The zero-order valence-electron chi connectivity index (χ0n) is 9.66. The van der Waals surface area contributed by atoms with Crippen LogP contribution in [0.1, 0.15) is 18.9 Å². The fraction of sp³-hybridized carbons (Fsp3) is 0.385. The molecule has 0 aliphatic rings. The molecule has 3 heteroatoms. The summed E-state index contributed by atoms with van der Waals surface area (Å²) in [5.41, 5.74) is 0.934. The minimum Gasteiger partial charge on any atom is -0.497 e. The van der Waals surface area contributed by atoms with E-state index in [1.54, 1.807) is 7.11 Å². The van der Waals surface area contributed by atoms with Crippen LogP contribution in [0, 0.1) is 0 Å². The number of rotatable bonds is 5. The Morgan fingerprint density at radius 1 is 1.44 bits per heavy atom. The summed E-state index contributed by atoms with van der Waals surface area (Å²) in [6.45, 7) is 5.76. The van der Waals surface area contributed by atoms with Crippen molar-refractivity contribution >= 4 is 15.9 Å². The minimum absolute atomic E-state index is 0.485. The molecule has 16 heavy (non-hydrogen) atoms. The van der Waals surface area contributed by atoms with Crippen LogP contribution in [0.25, 0.3) is 0 Å². The van der Waals surface area contributed by atoms with E-state index in [1.165, 1.54) is 0 Å². The van der Waals surface area contributed by atoms with E-state index in [0.717, 1.165) is 16.9 Å². The van der Waals surface area contributed by atoms with E-state index in [-0.39, 0.29) is 0 Å². The number of hydrogen-bond donors (Lipinski definition) is 1. The molecule has 0 amide bonds. The summed E-state index contributed by atoms with van der Waals surface area (Å²) in [5, 5.41) is 11.0. The molecule has 0 aliphatic heterocycles. The predicted octanol–water partition coefficient (Wildman–Crippen LogP) is 3.24. The summed E-state index contributed by atoms with van der Waals surface area (Å²) in [7, 11) is 1.62. The number of hydrogen-bond acceptors (Lipinski definition) is 2. The Kier molecular flexibility index (Phi) is 4.56. The van der Waals surface area contributed by atoms with Crippen molar-refractivity contribution in [2.24, 2.45) is 0 Å². The molecular formula is C13H17BrO2. The van der Waals surface area contributed by atoms with Crippen molar-refractivity contribution in [3.8, 4) is 5.75 Å². The highest BCUT2D eigenvalue weighted by atomic mass is 79.9. The van der Waals surface area contributed by atoms with Crippen LogP contribution >= 0.6 is 15.9 Å². The van der Waals surface area contributed by atoms with Gasteiger partial charge in [0.2, 0.25) is 0 Å². The molecule has 0 radical (unpaired) electrons. The second-order valence-electron chi connectivity index (χ2n) is 4.03. The standard InChI is InChI=1S/C13H17BrO2/c1-10(2)8-13(15,9-14)11-4-6-12(16-3)7-5-11/h4-7,15H,1,8-9H2,2-3H3. The fourth-order valence-electron chi connectivity index (χ4n) is 1.63. The maximum Gasteiger partial charge on any atom is 0.118 e. The molecule has 1 atom stereocenters. The minimum atomic E-state index is -0.891. The first-order valence-corrected chi connectivity index (χ1v) is 6.21. The zero-order valence-corrected chi connectivity index (χ0v) is 11.3. The smallest absolute Gasteiger partial charge is 0.118 e. The van der Waals surface area contributed by atoms with Gasteiger partial charge in [-0.25, -0.2) is 0 Å². The van der Waals surface area contributed by atoms with Crippen molar-refractivity contribution in [1.29, 1.82) is 0 Å². The highest BCUT2D eigenvalue weighted by molar-refractivity contribution is 9.09. The molecule has 0 fully saturated rings. The average molecular weight is 285 g/mol. The van der Waals surface area contributed by atoms with Crippen LogP contribution in [0.2, 0.25) is 0 Å². The summed E-state index contributed by atoms with van der Waals surface area (Å²) in [6.07, 6.45) is 0.546. The lowest BCUT2D eigenvalue weighted by atomic mass is 9.90. The SMILES string of the molecule is C=C(C)CC(O)(CBr)c1ccc(OC)cc1. The van der Waals surface area contributed by atoms with E-state index in [1.807, 2.05) is 31.2 Å². The lowest BCUT2D eigenvalue weighted by molar-refractivity contribution is 0.0644. The maximum absolute atomic E-state index is 10.5. The van der Waals surface area contributed by atoms with Crippen LogP contribution < -0.4 is 4.74 Å². The van der Waals surface area contributed by atoms with E-state index < -0.39 is 5.60 Å². The van der Waals surface area contributed by atoms with Crippen molar-refractivity contribution in [3.05, 3.63) is 42.0 Å². The monoisotopic (exact) mass is 284 g/mol.